The number of hydrogen-bond acceptors (Lipinski definition) is 2. The van der Waals surface area contributed by atoms with Crippen molar-refractivity contribution in [3.05, 3.63) is 54.1 Å². The van der Waals surface area contributed by atoms with Gasteiger partial charge in [-0.25, -0.2) is 4.79 Å². The van der Waals surface area contributed by atoms with Crippen LogP contribution in [0.15, 0.2) is 48.5 Å². The van der Waals surface area contributed by atoms with Crippen molar-refractivity contribution in [2.45, 2.75) is 6.92 Å². The summed E-state index contributed by atoms with van der Waals surface area (Å²) in [5.41, 5.74) is 2.58. The fraction of sp³-hybridized carbons (Fsp3) is 0.0588. The van der Waals surface area contributed by atoms with Gasteiger partial charge in [0.15, 0.2) is 0 Å². The molecule has 0 saturated carbocycles. The van der Waals surface area contributed by atoms with Crippen LogP contribution in [0.1, 0.15) is 12.5 Å². The van der Waals surface area contributed by atoms with Crippen molar-refractivity contribution in [3.8, 4) is 12.3 Å². The molecule has 0 spiro atoms. The summed E-state index contributed by atoms with van der Waals surface area (Å²) >= 11 is 0. The highest BCUT2D eigenvalue weighted by Crippen LogP contribution is 2.15. The maximum atomic E-state index is 11.9. The van der Waals surface area contributed by atoms with Crippen molar-refractivity contribution in [2.75, 3.05) is 16.0 Å². The largest absolute Gasteiger partial charge is 0.326 e. The highest BCUT2D eigenvalue weighted by molar-refractivity contribution is 6.00. The van der Waals surface area contributed by atoms with Gasteiger partial charge in [0.1, 0.15) is 0 Å². The van der Waals surface area contributed by atoms with Crippen molar-refractivity contribution < 1.29 is 9.59 Å². The van der Waals surface area contributed by atoms with E-state index in [0.29, 0.717) is 22.6 Å². The van der Waals surface area contributed by atoms with Crippen LogP contribution >= 0.6 is 0 Å². The number of amides is 3. The van der Waals surface area contributed by atoms with Crippen LogP contribution in [-0.4, -0.2) is 11.9 Å². The summed E-state index contributed by atoms with van der Waals surface area (Å²) in [5, 5.41) is 8.04. The predicted molar refractivity (Wildman–Crippen MR) is 87.8 cm³/mol. The zero-order valence-electron chi connectivity index (χ0n) is 12.0. The molecule has 0 bridgehead atoms. The Hall–Kier alpha value is -3.26. The molecule has 0 atom stereocenters. The fourth-order valence-corrected chi connectivity index (χ4v) is 1.82. The van der Waals surface area contributed by atoms with Gasteiger partial charge in [0, 0.05) is 29.5 Å². The summed E-state index contributed by atoms with van der Waals surface area (Å²) < 4.78 is 0. The molecule has 2 aromatic rings. The SMILES string of the molecule is C#Cc1cccc(NC(=O)Nc2ccc(NC(C)=O)cc2)c1. The summed E-state index contributed by atoms with van der Waals surface area (Å²) in [5.74, 6) is 2.36. The Morgan fingerprint density at radius 3 is 2.09 bits per heavy atom. The first kappa shape index (κ1) is 15.1. The molecular formula is C17H15N3O2. The van der Waals surface area contributed by atoms with E-state index in [1.54, 1.807) is 48.5 Å². The van der Waals surface area contributed by atoms with Gasteiger partial charge in [-0.1, -0.05) is 12.0 Å². The first-order valence-corrected chi connectivity index (χ1v) is 6.59. The molecule has 5 heteroatoms. The Bertz CT molecular complexity index is 730. The zero-order valence-corrected chi connectivity index (χ0v) is 12.0. The van der Waals surface area contributed by atoms with E-state index < -0.39 is 0 Å². The lowest BCUT2D eigenvalue weighted by atomic mass is 10.2. The number of nitrogens with one attached hydrogen (secondary N) is 3. The molecular weight excluding hydrogens is 278 g/mol. The van der Waals surface area contributed by atoms with E-state index in [0.717, 1.165) is 0 Å². The van der Waals surface area contributed by atoms with Crippen LogP contribution in [0.3, 0.4) is 0 Å². The van der Waals surface area contributed by atoms with Gasteiger partial charge >= 0.3 is 6.03 Å². The number of carbonyl (C=O) groups excluding carboxylic acids is 2. The number of anilines is 3. The Morgan fingerprint density at radius 1 is 0.909 bits per heavy atom. The quantitative estimate of drug-likeness (QED) is 0.760. The molecule has 0 radical (unpaired) electrons. The van der Waals surface area contributed by atoms with Crippen molar-refractivity contribution >= 4 is 29.0 Å². The molecule has 5 nitrogen and oxygen atoms in total. The van der Waals surface area contributed by atoms with Crippen LogP contribution in [0.5, 0.6) is 0 Å². The maximum absolute atomic E-state index is 11.9. The van der Waals surface area contributed by atoms with E-state index in [2.05, 4.69) is 21.9 Å². The Labute approximate surface area is 128 Å². The van der Waals surface area contributed by atoms with E-state index in [4.69, 9.17) is 6.42 Å². The molecule has 2 aromatic carbocycles. The standard InChI is InChI=1S/C17H15N3O2/c1-3-13-5-4-6-16(11-13)20-17(22)19-15-9-7-14(8-10-15)18-12(2)21/h1,4-11H,2H3,(H,18,21)(H2,19,20,22). The molecule has 2 rings (SSSR count). The van der Waals surface area contributed by atoms with E-state index >= 15 is 0 Å². The zero-order chi connectivity index (χ0) is 15.9. The molecule has 0 aromatic heterocycles. The highest BCUT2D eigenvalue weighted by atomic mass is 16.2. The average molecular weight is 293 g/mol. The average Bonchev–Trinajstić information content (AvgIpc) is 2.49. The van der Waals surface area contributed by atoms with Crippen molar-refractivity contribution in [2.24, 2.45) is 0 Å². The minimum Gasteiger partial charge on any atom is -0.326 e. The van der Waals surface area contributed by atoms with Crippen LogP contribution in [0, 0.1) is 12.3 Å². The van der Waals surface area contributed by atoms with Crippen molar-refractivity contribution in [3.63, 3.8) is 0 Å². The summed E-state index contributed by atoms with van der Waals surface area (Å²) in [7, 11) is 0. The number of terminal acetylenes is 1. The van der Waals surface area contributed by atoms with Gasteiger partial charge in [-0.05, 0) is 42.5 Å². The molecule has 0 fully saturated rings. The van der Waals surface area contributed by atoms with E-state index in [1.165, 1.54) is 6.92 Å². The van der Waals surface area contributed by atoms with E-state index in [1.807, 2.05) is 0 Å². The molecule has 0 heterocycles. The lowest BCUT2D eigenvalue weighted by Crippen LogP contribution is -2.19. The maximum Gasteiger partial charge on any atom is 0.323 e. The Morgan fingerprint density at radius 2 is 1.50 bits per heavy atom. The Balaban J connectivity index is 1.97. The third kappa shape index (κ3) is 4.39. The summed E-state index contributed by atoms with van der Waals surface area (Å²) in [6.45, 7) is 1.43. The van der Waals surface area contributed by atoms with Crippen molar-refractivity contribution in [1.82, 2.24) is 0 Å². The smallest absolute Gasteiger partial charge is 0.323 e. The van der Waals surface area contributed by atoms with Crippen molar-refractivity contribution in [1.29, 1.82) is 0 Å². The predicted octanol–water partition coefficient (Wildman–Crippen LogP) is 3.27. The number of urea groups is 1. The first-order chi connectivity index (χ1) is 10.6. The number of hydrogen-bond donors (Lipinski definition) is 3. The van der Waals surface area contributed by atoms with Crippen LogP contribution in [0.4, 0.5) is 21.9 Å². The summed E-state index contributed by atoms with van der Waals surface area (Å²) in [4.78, 5) is 22.8. The molecule has 0 aliphatic carbocycles. The van der Waals surface area contributed by atoms with Crippen LogP contribution in [-0.2, 0) is 4.79 Å². The third-order valence-electron chi connectivity index (χ3n) is 2.75. The van der Waals surface area contributed by atoms with Gasteiger partial charge in [0.25, 0.3) is 0 Å². The van der Waals surface area contributed by atoms with Gasteiger partial charge in [0.2, 0.25) is 5.91 Å². The monoisotopic (exact) mass is 293 g/mol. The molecule has 0 saturated heterocycles. The molecule has 0 unspecified atom stereocenters. The molecule has 3 N–H and O–H groups in total. The summed E-state index contributed by atoms with van der Waals surface area (Å²) in [6.07, 6.45) is 5.31. The second kappa shape index (κ2) is 6.95. The highest BCUT2D eigenvalue weighted by Gasteiger charge is 2.03. The molecule has 3 amide bonds. The normalized spacial score (nSPS) is 9.45. The van der Waals surface area contributed by atoms with Crippen LogP contribution in [0.25, 0.3) is 0 Å². The molecule has 22 heavy (non-hydrogen) atoms. The first-order valence-electron chi connectivity index (χ1n) is 6.59. The second-order valence-electron chi connectivity index (χ2n) is 4.56. The van der Waals surface area contributed by atoms with Gasteiger partial charge in [0.05, 0.1) is 0 Å². The number of benzene rings is 2. The molecule has 0 aliphatic rings. The van der Waals surface area contributed by atoms with Crippen LogP contribution < -0.4 is 16.0 Å². The second-order valence-corrected chi connectivity index (χ2v) is 4.56. The van der Waals surface area contributed by atoms with E-state index in [9.17, 15) is 9.59 Å². The van der Waals surface area contributed by atoms with E-state index in [-0.39, 0.29) is 11.9 Å². The Kier molecular flexibility index (Phi) is 4.78. The number of carbonyl (C=O) groups is 2. The topological polar surface area (TPSA) is 70.2 Å². The molecule has 110 valence electrons. The fourth-order valence-electron chi connectivity index (χ4n) is 1.82. The minimum absolute atomic E-state index is 0.146. The molecule has 0 aliphatic heterocycles. The third-order valence-corrected chi connectivity index (χ3v) is 2.75. The van der Waals surface area contributed by atoms with Gasteiger partial charge < -0.3 is 16.0 Å². The lowest BCUT2D eigenvalue weighted by molar-refractivity contribution is -0.114. The van der Waals surface area contributed by atoms with Gasteiger partial charge in [-0.3, -0.25) is 4.79 Å². The van der Waals surface area contributed by atoms with Gasteiger partial charge in [-0.15, -0.1) is 6.42 Å². The lowest BCUT2D eigenvalue weighted by Gasteiger charge is -2.09. The minimum atomic E-state index is -0.374. The summed E-state index contributed by atoms with van der Waals surface area (Å²) in [6, 6.07) is 13.4. The number of rotatable bonds is 3. The van der Waals surface area contributed by atoms with Gasteiger partial charge in [-0.2, -0.15) is 0 Å². The van der Waals surface area contributed by atoms with Crippen LogP contribution in [0.2, 0.25) is 0 Å².